The molecule has 0 aliphatic carbocycles. The van der Waals surface area contributed by atoms with E-state index >= 15 is 0 Å². The predicted octanol–water partition coefficient (Wildman–Crippen LogP) is 0.836. The number of phenolic OH excluding ortho intramolecular Hbond substituents is 1. The van der Waals surface area contributed by atoms with Crippen LogP contribution in [-0.4, -0.2) is 47.8 Å². The van der Waals surface area contributed by atoms with Crippen LogP contribution < -0.4 is 10.3 Å². The molecular formula is C17H21N3O5S. The first-order chi connectivity index (χ1) is 12.3. The summed E-state index contributed by atoms with van der Waals surface area (Å²) in [7, 11) is -3.60. The molecule has 0 atom stereocenters. The fourth-order valence-electron chi connectivity index (χ4n) is 2.99. The Kier molecular flexibility index (Phi) is 5.01. The number of nitrogens with zero attached hydrogens (tertiary/aromatic N) is 2. The minimum Gasteiger partial charge on any atom is -0.504 e. The van der Waals surface area contributed by atoms with Gasteiger partial charge in [-0.15, -0.1) is 0 Å². The second-order valence-corrected chi connectivity index (χ2v) is 8.16. The maximum Gasteiger partial charge on any atom is 0.255 e. The number of hydrogen-bond acceptors (Lipinski definition) is 7. The molecule has 140 valence electrons. The average molecular weight is 379 g/mol. The third kappa shape index (κ3) is 3.73. The lowest BCUT2D eigenvalue weighted by molar-refractivity contribution is 0.234. The lowest BCUT2D eigenvalue weighted by Gasteiger charge is -2.28. The van der Waals surface area contributed by atoms with Gasteiger partial charge in [-0.05, 0) is 19.4 Å². The van der Waals surface area contributed by atoms with Gasteiger partial charge in [-0.25, -0.2) is 13.4 Å². The van der Waals surface area contributed by atoms with Gasteiger partial charge in [0.1, 0.15) is 0 Å². The zero-order valence-electron chi connectivity index (χ0n) is 14.7. The number of phenols is 1. The highest BCUT2D eigenvalue weighted by Crippen LogP contribution is 2.31. The van der Waals surface area contributed by atoms with Gasteiger partial charge in [-0.2, -0.15) is 0 Å². The number of sulfone groups is 1. The highest BCUT2D eigenvalue weighted by atomic mass is 32.2. The van der Waals surface area contributed by atoms with Crippen LogP contribution in [0.25, 0.3) is 0 Å². The molecule has 0 fully saturated rings. The largest absolute Gasteiger partial charge is 0.504 e. The maximum absolute atomic E-state index is 12.1. The van der Waals surface area contributed by atoms with Gasteiger partial charge >= 0.3 is 0 Å². The van der Waals surface area contributed by atoms with E-state index in [2.05, 4.69) is 9.97 Å². The Bertz CT molecular complexity index is 984. The summed E-state index contributed by atoms with van der Waals surface area (Å²) >= 11 is 0. The zero-order valence-corrected chi connectivity index (χ0v) is 15.5. The van der Waals surface area contributed by atoms with E-state index in [4.69, 9.17) is 4.74 Å². The van der Waals surface area contributed by atoms with Gasteiger partial charge in [0.25, 0.3) is 5.56 Å². The molecule has 8 nitrogen and oxygen atoms in total. The molecule has 9 heteroatoms. The third-order valence-electron chi connectivity index (χ3n) is 4.26. The van der Waals surface area contributed by atoms with Gasteiger partial charge in [-0.3, -0.25) is 14.7 Å². The van der Waals surface area contributed by atoms with E-state index in [1.165, 1.54) is 0 Å². The fourth-order valence-corrected chi connectivity index (χ4v) is 3.54. The van der Waals surface area contributed by atoms with Crippen molar-refractivity contribution in [3.05, 3.63) is 45.4 Å². The number of para-hydroxylation sites is 1. The minimum atomic E-state index is -3.60. The summed E-state index contributed by atoms with van der Waals surface area (Å²) in [5, 5.41) is 10.0. The molecule has 26 heavy (non-hydrogen) atoms. The summed E-state index contributed by atoms with van der Waals surface area (Å²) in [5.74, 6) is 0.521. The molecule has 0 unspecified atom stereocenters. The second-order valence-electron chi connectivity index (χ2n) is 6.23. The molecule has 2 N–H and O–H groups in total. The van der Waals surface area contributed by atoms with E-state index in [0.29, 0.717) is 55.2 Å². The van der Waals surface area contributed by atoms with Gasteiger partial charge in [-0.1, -0.05) is 12.1 Å². The predicted molar refractivity (Wildman–Crippen MR) is 95.1 cm³/mol. The first kappa shape index (κ1) is 18.4. The number of nitrogens with one attached hydrogen (secondary N) is 1. The van der Waals surface area contributed by atoms with Crippen molar-refractivity contribution in [2.75, 3.05) is 19.4 Å². The molecule has 0 saturated carbocycles. The lowest BCUT2D eigenvalue weighted by atomic mass is 10.1. The van der Waals surface area contributed by atoms with Crippen LogP contribution in [0.3, 0.4) is 0 Å². The number of benzene rings is 1. The van der Waals surface area contributed by atoms with Crippen LogP contribution in [0.2, 0.25) is 0 Å². The van der Waals surface area contributed by atoms with E-state index in [-0.39, 0.29) is 10.9 Å². The molecular weight excluding hydrogens is 358 g/mol. The van der Waals surface area contributed by atoms with Crippen molar-refractivity contribution in [3.63, 3.8) is 0 Å². The Hall–Kier alpha value is -2.39. The van der Waals surface area contributed by atoms with E-state index in [9.17, 15) is 18.3 Å². The van der Waals surface area contributed by atoms with E-state index in [1.807, 2.05) is 17.9 Å². The van der Waals surface area contributed by atoms with Crippen molar-refractivity contribution in [2.45, 2.75) is 31.6 Å². The number of aromatic nitrogens is 2. The first-order valence-electron chi connectivity index (χ1n) is 8.27. The molecule has 0 saturated heterocycles. The Balaban J connectivity index is 1.86. The molecule has 0 bridgehead atoms. The molecule has 0 amide bonds. The standard InChI is InChI=1S/C17H21N3O5S/c1-3-25-14-6-4-5-11(15(14)21)9-20-8-7-12-13(10-20)18-17(19-16(12)22)26(2,23)24/h4-6,21H,3,7-10H2,1-2H3,(H,18,19,22). The van der Waals surface area contributed by atoms with Gasteiger partial charge in [0.15, 0.2) is 11.5 Å². The first-order valence-corrected chi connectivity index (χ1v) is 10.2. The second kappa shape index (κ2) is 7.08. The molecule has 2 aromatic rings. The van der Waals surface area contributed by atoms with Gasteiger partial charge < -0.3 is 9.84 Å². The monoisotopic (exact) mass is 379 g/mol. The number of hydrogen-bond donors (Lipinski definition) is 2. The van der Waals surface area contributed by atoms with Gasteiger partial charge in [0.05, 0.1) is 12.3 Å². The van der Waals surface area contributed by atoms with Crippen LogP contribution in [0.5, 0.6) is 11.5 Å². The Morgan fingerprint density at radius 3 is 2.85 bits per heavy atom. The van der Waals surface area contributed by atoms with Crippen molar-refractivity contribution in [3.8, 4) is 11.5 Å². The molecule has 0 radical (unpaired) electrons. The van der Waals surface area contributed by atoms with Crippen LogP contribution in [-0.2, 0) is 29.3 Å². The quantitative estimate of drug-likeness (QED) is 0.740. The van der Waals surface area contributed by atoms with Gasteiger partial charge in [0, 0.05) is 37.0 Å². The summed E-state index contributed by atoms with van der Waals surface area (Å²) < 4.78 is 28.8. The molecule has 0 spiro atoms. The van der Waals surface area contributed by atoms with Crippen molar-refractivity contribution in [1.29, 1.82) is 0 Å². The molecule has 1 aliphatic heterocycles. The summed E-state index contributed by atoms with van der Waals surface area (Å²) in [6.45, 7) is 3.68. The summed E-state index contributed by atoms with van der Waals surface area (Å²) in [5.41, 5.74) is 1.27. The lowest BCUT2D eigenvalue weighted by Crippen LogP contribution is -2.35. The van der Waals surface area contributed by atoms with Crippen molar-refractivity contribution in [1.82, 2.24) is 14.9 Å². The normalized spacial score (nSPS) is 14.8. The van der Waals surface area contributed by atoms with E-state index < -0.39 is 15.4 Å². The van der Waals surface area contributed by atoms with Crippen LogP contribution >= 0.6 is 0 Å². The van der Waals surface area contributed by atoms with Crippen molar-refractivity contribution >= 4 is 9.84 Å². The van der Waals surface area contributed by atoms with Crippen LogP contribution in [0.1, 0.15) is 23.7 Å². The number of ether oxygens (including phenoxy) is 1. The third-order valence-corrected chi connectivity index (χ3v) is 5.15. The summed E-state index contributed by atoms with van der Waals surface area (Å²) in [6, 6.07) is 5.32. The molecule has 1 aliphatic rings. The topological polar surface area (TPSA) is 113 Å². The number of aromatic amines is 1. The molecule has 2 heterocycles. The molecule has 1 aromatic carbocycles. The van der Waals surface area contributed by atoms with Crippen LogP contribution in [0, 0.1) is 0 Å². The van der Waals surface area contributed by atoms with Crippen LogP contribution in [0.4, 0.5) is 0 Å². The zero-order chi connectivity index (χ0) is 18.9. The maximum atomic E-state index is 12.1. The smallest absolute Gasteiger partial charge is 0.255 e. The van der Waals surface area contributed by atoms with Crippen molar-refractivity contribution < 1.29 is 18.3 Å². The SMILES string of the molecule is CCOc1cccc(CN2CCc3c(nc(S(C)(=O)=O)[nH]c3=O)C2)c1O. The highest BCUT2D eigenvalue weighted by Gasteiger charge is 2.24. The van der Waals surface area contributed by atoms with Crippen molar-refractivity contribution in [2.24, 2.45) is 0 Å². The summed E-state index contributed by atoms with van der Waals surface area (Å²) in [6.07, 6.45) is 1.48. The fraction of sp³-hybridized carbons (Fsp3) is 0.412. The van der Waals surface area contributed by atoms with E-state index in [0.717, 1.165) is 6.26 Å². The number of rotatable bonds is 5. The van der Waals surface area contributed by atoms with Crippen LogP contribution in [0.15, 0.2) is 28.2 Å². The number of aromatic hydroxyl groups is 1. The number of H-pyrrole nitrogens is 1. The Morgan fingerprint density at radius 2 is 2.15 bits per heavy atom. The molecule has 3 rings (SSSR count). The Labute approximate surface area is 151 Å². The number of fused-ring (bicyclic) bond motifs is 1. The average Bonchev–Trinajstić information content (AvgIpc) is 2.57. The van der Waals surface area contributed by atoms with E-state index in [1.54, 1.807) is 12.1 Å². The summed E-state index contributed by atoms with van der Waals surface area (Å²) in [4.78, 5) is 20.6. The highest BCUT2D eigenvalue weighted by molar-refractivity contribution is 7.90. The van der Waals surface area contributed by atoms with Gasteiger partial charge in [0.2, 0.25) is 15.0 Å². The Morgan fingerprint density at radius 1 is 1.38 bits per heavy atom. The minimum absolute atomic E-state index is 0.0934. The molecule has 1 aromatic heterocycles.